The van der Waals surface area contributed by atoms with E-state index in [0.29, 0.717) is 16.4 Å². The first-order valence-corrected chi connectivity index (χ1v) is 7.96. The quantitative estimate of drug-likeness (QED) is 0.787. The largest absolute Gasteiger partial charge is 0.335 e. The zero-order valence-corrected chi connectivity index (χ0v) is 13.7. The van der Waals surface area contributed by atoms with Gasteiger partial charge in [0.05, 0.1) is 10.7 Å². The van der Waals surface area contributed by atoms with Crippen LogP contribution < -0.4 is 16.0 Å². The van der Waals surface area contributed by atoms with Crippen LogP contribution in [0.1, 0.15) is 39.5 Å². The second-order valence-electron chi connectivity index (χ2n) is 5.93. The van der Waals surface area contributed by atoms with E-state index in [1.54, 1.807) is 18.2 Å². The predicted molar refractivity (Wildman–Crippen MR) is 89.3 cm³/mol. The summed E-state index contributed by atoms with van der Waals surface area (Å²) in [5, 5.41) is 8.77. The fraction of sp³-hybridized carbons (Fsp3) is 0.500. The molecule has 1 aliphatic carbocycles. The minimum Gasteiger partial charge on any atom is -0.335 e. The average molecular weight is 324 g/mol. The van der Waals surface area contributed by atoms with Crippen LogP contribution in [0.5, 0.6) is 0 Å². The van der Waals surface area contributed by atoms with Crippen molar-refractivity contribution in [1.82, 2.24) is 5.32 Å². The molecule has 1 aliphatic rings. The van der Waals surface area contributed by atoms with E-state index in [-0.39, 0.29) is 18.0 Å². The molecule has 0 spiro atoms. The van der Waals surface area contributed by atoms with Crippen LogP contribution in [0.25, 0.3) is 0 Å². The second kappa shape index (κ2) is 7.49. The molecule has 120 valence electrons. The van der Waals surface area contributed by atoms with Gasteiger partial charge in [-0.15, -0.1) is 0 Å². The summed E-state index contributed by atoms with van der Waals surface area (Å²) in [6, 6.07) is 4.98. The number of benzene rings is 1. The van der Waals surface area contributed by atoms with Crippen LogP contribution in [0.2, 0.25) is 5.02 Å². The topological polar surface area (TPSA) is 70.2 Å². The molecule has 0 aliphatic heterocycles. The van der Waals surface area contributed by atoms with E-state index in [9.17, 15) is 9.59 Å². The number of nitrogens with one attached hydrogen (secondary N) is 3. The highest BCUT2D eigenvalue weighted by atomic mass is 35.5. The lowest BCUT2D eigenvalue weighted by atomic mass is 9.87. The van der Waals surface area contributed by atoms with Gasteiger partial charge in [0.15, 0.2) is 0 Å². The van der Waals surface area contributed by atoms with Crippen LogP contribution >= 0.6 is 11.6 Å². The minimum absolute atomic E-state index is 0.166. The van der Waals surface area contributed by atoms with Crippen LogP contribution in [0.4, 0.5) is 16.2 Å². The molecule has 0 unspecified atom stereocenters. The van der Waals surface area contributed by atoms with E-state index in [1.807, 2.05) is 0 Å². The summed E-state index contributed by atoms with van der Waals surface area (Å²) in [7, 11) is 0. The number of urea groups is 1. The Morgan fingerprint density at radius 1 is 1.14 bits per heavy atom. The molecular weight excluding hydrogens is 302 g/mol. The van der Waals surface area contributed by atoms with Gasteiger partial charge in [-0.1, -0.05) is 18.5 Å². The summed E-state index contributed by atoms with van der Waals surface area (Å²) in [6.45, 7) is 3.67. The number of anilines is 2. The number of halogens is 1. The summed E-state index contributed by atoms with van der Waals surface area (Å²) in [5.41, 5.74) is 1.13. The van der Waals surface area contributed by atoms with Crippen LogP contribution in [0, 0.1) is 5.92 Å². The molecule has 0 atom stereocenters. The van der Waals surface area contributed by atoms with Crippen molar-refractivity contribution >= 4 is 34.9 Å². The Morgan fingerprint density at radius 2 is 1.82 bits per heavy atom. The first kappa shape index (κ1) is 16.6. The number of carbonyl (C=O) groups excluding carboxylic acids is 2. The summed E-state index contributed by atoms with van der Waals surface area (Å²) in [5.74, 6) is 0.581. The zero-order chi connectivity index (χ0) is 16.1. The molecule has 1 aromatic rings. The molecular formula is C16H22ClN3O2. The number of rotatable bonds is 3. The Labute approximate surface area is 135 Å². The molecule has 0 bridgehead atoms. The highest BCUT2D eigenvalue weighted by molar-refractivity contribution is 6.34. The monoisotopic (exact) mass is 323 g/mol. The molecule has 3 N–H and O–H groups in total. The van der Waals surface area contributed by atoms with Crippen molar-refractivity contribution in [3.63, 3.8) is 0 Å². The Morgan fingerprint density at radius 3 is 2.41 bits per heavy atom. The molecule has 1 fully saturated rings. The van der Waals surface area contributed by atoms with Crippen LogP contribution in [0.15, 0.2) is 18.2 Å². The van der Waals surface area contributed by atoms with Crippen molar-refractivity contribution in [1.29, 1.82) is 0 Å². The minimum atomic E-state index is -0.242. The van der Waals surface area contributed by atoms with Gasteiger partial charge in [-0.2, -0.15) is 0 Å². The van der Waals surface area contributed by atoms with Crippen molar-refractivity contribution in [2.24, 2.45) is 5.92 Å². The third-order valence-corrected chi connectivity index (χ3v) is 4.20. The standard InChI is InChI=1S/C16H22ClN3O2/c1-10-3-5-12(6-4-10)19-16(22)20-15-8-7-13(9-14(15)17)18-11(2)21/h7-10,12H,3-6H2,1-2H3,(H,18,21)(H2,19,20,22). The van der Waals surface area contributed by atoms with Crippen molar-refractivity contribution in [2.45, 2.75) is 45.6 Å². The molecule has 0 radical (unpaired) electrons. The van der Waals surface area contributed by atoms with Gasteiger partial charge in [0.25, 0.3) is 0 Å². The lowest BCUT2D eigenvalue weighted by Gasteiger charge is -2.27. The van der Waals surface area contributed by atoms with Gasteiger partial charge in [0.1, 0.15) is 0 Å². The zero-order valence-electron chi connectivity index (χ0n) is 12.9. The van der Waals surface area contributed by atoms with Gasteiger partial charge in [0, 0.05) is 18.7 Å². The first-order valence-electron chi connectivity index (χ1n) is 7.58. The lowest BCUT2D eigenvalue weighted by Crippen LogP contribution is -2.39. The van der Waals surface area contributed by atoms with Gasteiger partial charge in [-0.25, -0.2) is 4.79 Å². The maximum absolute atomic E-state index is 12.0. The van der Waals surface area contributed by atoms with E-state index in [0.717, 1.165) is 31.6 Å². The van der Waals surface area contributed by atoms with Gasteiger partial charge in [-0.3, -0.25) is 4.79 Å². The van der Waals surface area contributed by atoms with Crippen LogP contribution in [-0.4, -0.2) is 18.0 Å². The normalized spacial score (nSPS) is 21.0. The third kappa shape index (κ3) is 4.91. The smallest absolute Gasteiger partial charge is 0.319 e. The predicted octanol–water partition coefficient (Wildman–Crippen LogP) is 4.00. The molecule has 6 heteroatoms. The Bertz CT molecular complexity index is 554. The molecule has 0 aromatic heterocycles. The maximum atomic E-state index is 12.0. The van der Waals surface area contributed by atoms with E-state index >= 15 is 0 Å². The van der Waals surface area contributed by atoms with E-state index in [4.69, 9.17) is 11.6 Å². The van der Waals surface area contributed by atoms with Gasteiger partial charge < -0.3 is 16.0 Å². The fourth-order valence-corrected chi connectivity index (χ4v) is 2.87. The summed E-state index contributed by atoms with van der Waals surface area (Å²) in [4.78, 5) is 23.0. The van der Waals surface area contributed by atoms with E-state index in [1.165, 1.54) is 6.92 Å². The third-order valence-electron chi connectivity index (χ3n) is 3.89. The molecule has 0 heterocycles. The number of hydrogen-bond donors (Lipinski definition) is 3. The Hall–Kier alpha value is -1.75. The van der Waals surface area contributed by atoms with Crippen molar-refractivity contribution in [2.75, 3.05) is 10.6 Å². The summed E-state index contributed by atoms with van der Waals surface area (Å²) < 4.78 is 0. The Balaban J connectivity index is 1.89. The van der Waals surface area contributed by atoms with Crippen molar-refractivity contribution < 1.29 is 9.59 Å². The molecule has 5 nitrogen and oxygen atoms in total. The molecule has 1 saturated carbocycles. The average Bonchev–Trinajstić information content (AvgIpc) is 2.44. The molecule has 2 rings (SSSR count). The van der Waals surface area contributed by atoms with Crippen molar-refractivity contribution in [3.8, 4) is 0 Å². The lowest BCUT2D eigenvalue weighted by molar-refractivity contribution is -0.114. The first-order chi connectivity index (χ1) is 10.4. The maximum Gasteiger partial charge on any atom is 0.319 e. The Kier molecular flexibility index (Phi) is 5.66. The van der Waals surface area contributed by atoms with Crippen molar-refractivity contribution in [3.05, 3.63) is 23.2 Å². The second-order valence-corrected chi connectivity index (χ2v) is 6.34. The van der Waals surface area contributed by atoms with Crippen LogP contribution in [0.3, 0.4) is 0 Å². The highest BCUT2D eigenvalue weighted by Gasteiger charge is 2.20. The van der Waals surface area contributed by atoms with Gasteiger partial charge >= 0.3 is 6.03 Å². The van der Waals surface area contributed by atoms with E-state index in [2.05, 4.69) is 22.9 Å². The molecule has 1 aromatic carbocycles. The van der Waals surface area contributed by atoms with Gasteiger partial charge in [0.2, 0.25) is 5.91 Å². The molecule has 22 heavy (non-hydrogen) atoms. The SMILES string of the molecule is CC(=O)Nc1ccc(NC(=O)NC2CCC(C)CC2)c(Cl)c1. The number of carbonyl (C=O) groups is 2. The molecule has 0 saturated heterocycles. The number of amides is 3. The number of hydrogen-bond acceptors (Lipinski definition) is 2. The fourth-order valence-electron chi connectivity index (χ4n) is 2.65. The van der Waals surface area contributed by atoms with Gasteiger partial charge in [-0.05, 0) is 49.8 Å². The van der Waals surface area contributed by atoms with E-state index < -0.39 is 0 Å². The highest BCUT2D eigenvalue weighted by Crippen LogP contribution is 2.26. The summed E-state index contributed by atoms with van der Waals surface area (Å²) >= 11 is 6.12. The summed E-state index contributed by atoms with van der Waals surface area (Å²) in [6.07, 6.45) is 4.34. The van der Waals surface area contributed by atoms with Crippen LogP contribution in [-0.2, 0) is 4.79 Å². The molecule has 3 amide bonds.